The Balaban J connectivity index is 1.46. The summed E-state index contributed by atoms with van der Waals surface area (Å²) in [4.78, 5) is 16.1. The number of carbonyl (C=O) groups excluding carboxylic acids is 1. The smallest absolute Gasteiger partial charge is 0.273 e. The van der Waals surface area contributed by atoms with Crippen LogP contribution in [0, 0.1) is 5.92 Å². The third kappa shape index (κ3) is 4.59. The highest BCUT2D eigenvalue weighted by molar-refractivity contribution is 5.91. The molecule has 1 unspecified atom stereocenters. The molecule has 0 aliphatic carbocycles. The van der Waals surface area contributed by atoms with Gasteiger partial charge in [0.25, 0.3) is 5.91 Å². The Morgan fingerprint density at radius 1 is 1.48 bits per heavy atom. The van der Waals surface area contributed by atoms with Crippen molar-refractivity contribution in [2.45, 2.75) is 25.8 Å². The number of rotatable bonds is 6. The number of hydrogen-bond donors (Lipinski definition) is 2. The van der Waals surface area contributed by atoms with E-state index in [1.54, 1.807) is 23.3 Å². The van der Waals surface area contributed by atoms with E-state index in [-0.39, 0.29) is 5.91 Å². The minimum absolute atomic E-state index is 0.179. The fourth-order valence-corrected chi connectivity index (χ4v) is 2.79. The zero-order valence-electron chi connectivity index (χ0n) is 13.1. The molecule has 0 radical (unpaired) electrons. The molecule has 1 aliphatic rings. The number of nitrogens with zero attached hydrogens (tertiary/aromatic N) is 4. The van der Waals surface area contributed by atoms with E-state index >= 15 is 0 Å². The second-order valence-corrected chi connectivity index (χ2v) is 5.91. The van der Waals surface area contributed by atoms with Crippen LogP contribution in [0.25, 0.3) is 0 Å². The lowest BCUT2D eigenvalue weighted by Gasteiger charge is -2.22. The van der Waals surface area contributed by atoms with Gasteiger partial charge < -0.3 is 10.6 Å². The van der Waals surface area contributed by atoms with E-state index in [1.807, 2.05) is 12.1 Å². The summed E-state index contributed by atoms with van der Waals surface area (Å²) >= 11 is 0. The van der Waals surface area contributed by atoms with Gasteiger partial charge in [-0.3, -0.25) is 14.5 Å². The van der Waals surface area contributed by atoms with Crippen molar-refractivity contribution in [3.05, 3.63) is 42.0 Å². The molecule has 0 bridgehead atoms. The van der Waals surface area contributed by atoms with Gasteiger partial charge >= 0.3 is 0 Å². The predicted molar refractivity (Wildman–Crippen MR) is 85.9 cm³/mol. The van der Waals surface area contributed by atoms with Gasteiger partial charge in [-0.15, -0.1) is 5.10 Å². The van der Waals surface area contributed by atoms with E-state index in [9.17, 15) is 4.79 Å². The van der Waals surface area contributed by atoms with Gasteiger partial charge in [-0.2, -0.15) is 0 Å². The van der Waals surface area contributed by atoms with Crippen LogP contribution < -0.4 is 10.6 Å². The molecule has 1 saturated heterocycles. The summed E-state index contributed by atoms with van der Waals surface area (Å²) < 4.78 is 1.77. The maximum Gasteiger partial charge on any atom is 0.273 e. The molecule has 0 saturated carbocycles. The Hall–Kier alpha value is -2.28. The molecule has 3 rings (SSSR count). The van der Waals surface area contributed by atoms with Crippen molar-refractivity contribution in [2.24, 2.45) is 5.92 Å². The molecule has 7 nitrogen and oxygen atoms in total. The maximum atomic E-state index is 12.1. The number of carbonyl (C=O) groups is 1. The third-order valence-corrected chi connectivity index (χ3v) is 4.04. The van der Waals surface area contributed by atoms with Crippen LogP contribution in [0.5, 0.6) is 0 Å². The van der Waals surface area contributed by atoms with Gasteiger partial charge in [-0.05, 0) is 49.9 Å². The zero-order chi connectivity index (χ0) is 15.9. The molecule has 2 aromatic heterocycles. The Kier molecular flexibility index (Phi) is 5.31. The second-order valence-electron chi connectivity index (χ2n) is 5.91. The summed E-state index contributed by atoms with van der Waals surface area (Å²) in [7, 11) is 0. The van der Waals surface area contributed by atoms with Crippen LogP contribution in [0.3, 0.4) is 0 Å². The highest BCUT2D eigenvalue weighted by Crippen LogP contribution is 2.11. The fourth-order valence-electron chi connectivity index (χ4n) is 2.79. The minimum Gasteiger partial charge on any atom is -0.350 e. The first-order valence-corrected chi connectivity index (χ1v) is 8.09. The summed E-state index contributed by atoms with van der Waals surface area (Å²) in [6.45, 7) is 3.47. The molecule has 1 fully saturated rings. The van der Waals surface area contributed by atoms with Gasteiger partial charge in [-0.1, -0.05) is 11.3 Å². The van der Waals surface area contributed by atoms with E-state index in [0.717, 1.165) is 31.6 Å². The summed E-state index contributed by atoms with van der Waals surface area (Å²) in [5.74, 6) is 0.383. The monoisotopic (exact) mass is 314 g/mol. The average Bonchev–Trinajstić information content (AvgIpc) is 3.05. The molecule has 1 aliphatic heterocycles. The average molecular weight is 314 g/mol. The van der Waals surface area contributed by atoms with Gasteiger partial charge in [-0.25, -0.2) is 0 Å². The Labute approximate surface area is 135 Å². The van der Waals surface area contributed by atoms with Gasteiger partial charge in [0.1, 0.15) is 0 Å². The Bertz CT molecular complexity index is 621. The van der Waals surface area contributed by atoms with Gasteiger partial charge in [0.15, 0.2) is 5.69 Å². The van der Waals surface area contributed by atoms with Crippen LogP contribution in [0.4, 0.5) is 0 Å². The van der Waals surface area contributed by atoms with E-state index in [4.69, 9.17) is 0 Å². The number of aromatic nitrogens is 4. The first kappa shape index (κ1) is 15.6. The fraction of sp³-hybridized carbons (Fsp3) is 0.500. The van der Waals surface area contributed by atoms with Crippen LogP contribution in [-0.4, -0.2) is 45.5 Å². The third-order valence-electron chi connectivity index (χ3n) is 4.04. The quantitative estimate of drug-likeness (QED) is 0.817. The lowest BCUT2D eigenvalue weighted by atomic mass is 10.00. The van der Waals surface area contributed by atoms with Crippen molar-refractivity contribution in [3.63, 3.8) is 0 Å². The van der Waals surface area contributed by atoms with E-state index in [2.05, 4.69) is 25.9 Å². The van der Waals surface area contributed by atoms with Crippen LogP contribution in [0.2, 0.25) is 0 Å². The summed E-state index contributed by atoms with van der Waals surface area (Å²) in [6.07, 6.45) is 8.42. The molecular weight excluding hydrogens is 292 g/mol. The van der Waals surface area contributed by atoms with Crippen LogP contribution in [0.1, 0.15) is 28.9 Å². The maximum absolute atomic E-state index is 12.1. The summed E-state index contributed by atoms with van der Waals surface area (Å²) in [6, 6.07) is 3.89. The molecule has 3 heterocycles. The number of pyridine rings is 1. The summed E-state index contributed by atoms with van der Waals surface area (Å²) in [5, 5.41) is 14.3. The molecule has 7 heteroatoms. The first-order valence-electron chi connectivity index (χ1n) is 8.09. The lowest BCUT2D eigenvalue weighted by molar-refractivity contribution is 0.0949. The number of nitrogens with one attached hydrogen (secondary N) is 2. The highest BCUT2D eigenvalue weighted by atomic mass is 16.2. The van der Waals surface area contributed by atoms with Crippen molar-refractivity contribution in [1.82, 2.24) is 30.6 Å². The van der Waals surface area contributed by atoms with Crippen LogP contribution >= 0.6 is 0 Å². The molecular formula is C16H22N6O. The largest absolute Gasteiger partial charge is 0.350 e. The normalized spacial score (nSPS) is 17.8. The number of hydrogen-bond acceptors (Lipinski definition) is 5. The van der Waals surface area contributed by atoms with Crippen molar-refractivity contribution in [1.29, 1.82) is 0 Å². The number of piperidine rings is 1. The molecule has 2 N–H and O–H groups in total. The molecule has 0 spiro atoms. The predicted octanol–water partition coefficient (Wildman–Crippen LogP) is 0.645. The standard InChI is InChI=1S/C16H22N6O/c23-16(19-8-5-13-3-1-6-17-9-13)15-12-22(21-20-15)11-14-4-2-7-18-10-14/h1,3,6,9,12,14,18H,2,4-5,7-8,10-11H2,(H,19,23). The lowest BCUT2D eigenvalue weighted by Crippen LogP contribution is -2.32. The van der Waals surface area contributed by atoms with Crippen LogP contribution in [-0.2, 0) is 13.0 Å². The SMILES string of the molecule is O=C(NCCc1cccnc1)c1cn(CC2CCCNC2)nn1. The summed E-state index contributed by atoms with van der Waals surface area (Å²) in [5.41, 5.74) is 1.47. The topological polar surface area (TPSA) is 84.7 Å². The molecule has 0 aromatic carbocycles. The molecule has 23 heavy (non-hydrogen) atoms. The van der Waals surface area contributed by atoms with Crippen LogP contribution in [0.15, 0.2) is 30.7 Å². The van der Waals surface area contributed by atoms with Gasteiger partial charge in [0.05, 0.1) is 6.20 Å². The zero-order valence-corrected chi connectivity index (χ0v) is 13.1. The number of amides is 1. The Morgan fingerprint density at radius 2 is 2.43 bits per heavy atom. The molecule has 122 valence electrons. The molecule has 1 amide bonds. The van der Waals surface area contributed by atoms with E-state index < -0.39 is 0 Å². The minimum atomic E-state index is -0.179. The van der Waals surface area contributed by atoms with E-state index in [0.29, 0.717) is 18.2 Å². The molecule has 1 atom stereocenters. The van der Waals surface area contributed by atoms with Crippen molar-refractivity contribution in [3.8, 4) is 0 Å². The van der Waals surface area contributed by atoms with Gasteiger partial charge in [0.2, 0.25) is 0 Å². The van der Waals surface area contributed by atoms with Crippen molar-refractivity contribution >= 4 is 5.91 Å². The second kappa shape index (κ2) is 7.82. The Morgan fingerprint density at radius 3 is 3.22 bits per heavy atom. The van der Waals surface area contributed by atoms with E-state index in [1.165, 1.54) is 12.8 Å². The first-order chi connectivity index (χ1) is 11.3. The molecule has 2 aromatic rings. The van der Waals surface area contributed by atoms with Crippen molar-refractivity contribution in [2.75, 3.05) is 19.6 Å². The van der Waals surface area contributed by atoms with Crippen molar-refractivity contribution < 1.29 is 4.79 Å². The highest BCUT2D eigenvalue weighted by Gasteiger charge is 2.16. The van der Waals surface area contributed by atoms with Gasteiger partial charge in [0, 0.05) is 25.5 Å².